The van der Waals surface area contributed by atoms with Crippen LogP contribution in [0, 0.1) is 23.2 Å². The number of carbonyl (C=O) groups excluding carboxylic acids is 2. The summed E-state index contributed by atoms with van der Waals surface area (Å²) in [5, 5.41) is 12.1. The number of allylic oxidation sites excluding steroid dienone is 1. The van der Waals surface area contributed by atoms with E-state index in [0.29, 0.717) is 55.8 Å². The van der Waals surface area contributed by atoms with Crippen LogP contribution >= 0.6 is 11.6 Å². The molecule has 3 heterocycles. The number of fused-ring (bicyclic) bond motifs is 3. The van der Waals surface area contributed by atoms with Gasteiger partial charge in [-0.1, -0.05) is 43.7 Å². The van der Waals surface area contributed by atoms with E-state index in [4.69, 9.17) is 25.8 Å². The summed E-state index contributed by atoms with van der Waals surface area (Å²) in [4.78, 5) is 28.9. The molecule has 4 aliphatic rings. The largest absolute Gasteiger partial charge is 0.487 e. The van der Waals surface area contributed by atoms with Gasteiger partial charge >= 0.3 is 5.97 Å². The third-order valence-corrected chi connectivity index (χ3v) is 13.3. The van der Waals surface area contributed by atoms with Crippen molar-refractivity contribution in [1.29, 1.82) is 0 Å². The predicted octanol–water partition coefficient (Wildman–Crippen LogP) is 5.83. The number of ether oxygens (including phenoxy) is 3. The van der Waals surface area contributed by atoms with Gasteiger partial charge < -0.3 is 24.2 Å². The molecule has 2 aromatic carbocycles. The van der Waals surface area contributed by atoms with E-state index in [1.54, 1.807) is 44.2 Å². The first-order valence-electron chi connectivity index (χ1n) is 17.7. The molecule has 2 fully saturated rings. The minimum absolute atomic E-state index is 0.0334. The highest BCUT2D eigenvalue weighted by atomic mass is 35.5. The summed E-state index contributed by atoms with van der Waals surface area (Å²) < 4.78 is 46.5. The van der Waals surface area contributed by atoms with Gasteiger partial charge in [-0.3, -0.25) is 9.59 Å². The number of aliphatic hydroxyl groups is 1. The van der Waals surface area contributed by atoms with Crippen LogP contribution in [0.5, 0.6) is 5.75 Å². The molecule has 1 aliphatic carbocycles. The van der Waals surface area contributed by atoms with Crippen molar-refractivity contribution in [3.05, 3.63) is 70.3 Å². The third-order valence-electron chi connectivity index (χ3n) is 11.1. The van der Waals surface area contributed by atoms with E-state index >= 15 is 0 Å². The first-order valence-corrected chi connectivity index (χ1v) is 19.7. The molecular formula is C38H49ClN2O8S. The minimum atomic E-state index is -4.05. The maximum atomic E-state index is 13.5. The number of aryl methyl sites for hydroxylation is 1. The summed E-state index contributed by atoms with van der Waals surface area (Å²) in [7, 11) is -4.05. The Kier molecular flexibility index (Phi) is 10.9. The average Bonchev–Trinajstić information content (AvgIpc) is 3.06. The normalized spacial score (nSPS) is 30.0. The Labute approximate surface area is 300 Å². The second-order valence-electron chi connectivity index (χ2n) is 15.2. The number of hydrogen-bond acceptors (Lipinski definition) is 9. The van der Waals surface area contributed by atoms with Crippen LogP contribution in [0.2, 0.25) is 5.02 Å². The van der Waals surface area contributed by atoms with E-state index < -0.39 is 32.8 Å². The second kappa shape index (κ2) is 14.9. The van der Waals surface area contributed by atoms with E-state index in [9.17, 15) is 23.1 Å². The van der Waals surface area contributed by atoms with Gasteiger partial charge in [0, 0.05) is 29.1 Å². The van der Waals surface area contributed by atoms with E-state index in [2.05, 4.69) is 9.62 Å². The van der Waals surface area contributed by atoms with E-state index in [1.807, 2.05) is 25.1 Å². The van der Waals surface area contributed by atoms with Gasteiger partial charge in [0.1, 0.15) is 19.0 Å². The highest BCUT2D eigenvalue weighted by molar-refractivity contribution is 7.90. The lowest BCUT2D eigenvalue weighted by Gasteiger charge is -2.48. The maximum Gasteiger partial charge on any atom is 0.309 e. The number of halogens is 1. The van der Waals surface area contributed by atoms with Crippen LogP contribution in [0.15, 0.2) is 48.6 Å². The molecule has 2 aromatic rings. The van der Waals surface area contributed by atoms with Crippen LogP contribution in [0.1, 0.15) is 80.8 Å². The number of anilines is 1. The lowest BCUT2D eigenvalue weighted by Crippen LogP contribution is -2.51. The fraction of sp³-hybridized carbons (Fsp3) is 0.579. The van der Waals surface area contributed by atoms with Gasteiger partial charge in [-0.05, 0) is 105 Å². The highest BCUT2D eigenvalue weighted by Gasteiger charge is 2.47. The maximum absolute atomic E-state index is 13.5. The second-order valence-corrected chi connectivity index (χ2v) is 17.6. The predicted molar refractivity (Wildman–Crippen MR) is 192 cm³/mol. The molecule has 1 saturated heterocycles. The quantitative estimate of drug-likeness (QED) is 0.295. The molecule has 10 nitrogen and oxygen atoms in total. The Bertz CT molecular complexity index is 1730. The van der Waals surface area contributed by atoms with E-state index in [-0.39, 0.29) is 41.8 Å². The number of rotatable bonds is 4. The van der Waals surface area contributed by atoms with Crippen molar-refractivity contribution in [3.63, 3.8) is 0 Å². The van der Waals surface area contributed by atoms with Gasteiger partial charge in [0.05, 0.1) is 36.2 Å². The minimum Gasteiger partial charge on any atom is -0.487 e. The molecule has 12 heteroatoms. The number of amides is 1. The van der Waals surface area contributed by atoms with Crippen LogP contribution < -0.4 is 14.4 Å². The zero-order valence-corrected chi connectivity index (χ0v) is 30.7. The molecule has 0 spiro atoms. The number of carbonyl (C=O) groups is 2. The lowest BCUT2D eigenvalue weighted by atomic mass is 9.63. The summed E-state index contributed by atoms with van der Waals surface area (Å²) in [6.07, 6.45) is 7.72. The van der Waals surface area contributed by atoms with Crippen LogP contribution in [-0.2, 0) is 37.3 Å². The number of nitrogens with one attached hydrogen (secondary N) is 1. The molecule has 0 radical (unpaired) electrons. The Balaban J connectivity index is 1.35. The van der Waals surface area contributed by atoms with Crippen molar-refractivity contribution in [2.45, 2.75) is 83.2 Å². The summed E-state index contributed by atoms with van der Waals surface area (Å²) >= 11 is 6.35. The van der Waals surface area contributed by atoms with Crippen LogP contribution in [0.3, 0.4) is 0 Å². The molecule has 5 atom stereocenters. The smallest absolute Gasteiger partial charge is 0.309 e. The summed E-state index contributed by atoms with van der Waals surface area (Å²) in [5.41, 5.74) is 1.35. The molecule has 0 aromatic heterocycles. The van der Waals surface area contributed by atoms with Crippen LogP contribution in [0.4, 0.5) is 5.69 Å². The van der Waals surface area contributed by atoms with Crippen molar-refractivity contribution in [3.8, 4) is 5.75 Å². The molecule has 0 unspecified atom stereocenters. The van der Waals surface area contributed by atoms with Gasteiger partial charge in [0.15, 0.2) is 0 Å². The zero-order chi connectivity index (χ0) is 35.7. The zero-order valence-electron chi connectivity index (χ0n) is 29.2. The first kappa shape index (κ1) is 36.7. The Morgan fingerprint density at radius 2 is 1.92 bits per heavy atom. The average molecular weight is 729 g/mol. The third kappa shape index (κ3) is 8.16. The Morgan fingerprint density at radius 3 is 2.64 bits per heavy atom. The van der Waals surface area contributed by atoms with Gasteiger partial charge in [0.2, 0.25) is 10.0 Å². The Morgan fingerprint density at radius 1 is 1.12 bits per heavy atom. The fourth-order valence-electron chi connectivity index (χ4n) is 7.46. The molecule has 2 N–H and O–H groups in total. The molecule has 6 rings (SSSR count). The standard InChI is InChI=1S/C38H49ClN2O8S/c1-25-7-6-15-38(44,19-35(42)49-24-37(3)22-47-23-37)32-13-10-29(32)20-41-16-5-4-8-27-17-31(39)12-9-30(27)21-48-34-14-11-28(18-33(34)41)36(43)40-50(45,46)26(25)2/h6,9,11-12,14-15,17-18,25-26,29,32,44H,4-5,7-8,10,13,16,19-24H2,1-3H3,(H,40,43)/b15-6+/t25-,26+,29-,32+,38-/m0/s1. The number of esters is 1. The molecular weight excluding hydrogens is 680 g/mol. The molecule has 50 heavy (non-hydrogen) atoms. The molecule has 2 bridgehead atoms. The van der Waals surface area contributed by atoms with Crippen molar-refractivity contribution in [1.82, 2.24) is 4.72 Å². The number of benzene rings is 2. The SMILES string of the molecule is C[C@@H]1[C@@H](C)C/C=C/[C@](O)(CC(=O)OCC2(C)COC2)[C@@H]2CC[C@H]2CN2CCCCc3cc(Cl)ccc3COc3ccc(cc32)C(=O)NS1(=O)=O. The van der Waals surface area contributed by atoms with Crippen LogP contribution in [0.25, 0.3) is 0 Å². The number of hydrogen-bond donors (Lipinski definition) is 2. The molecule has 1 amide bonds. The molecule has 1 saturated carbocycles. The first-order chi connectivity index (χ1) is 23.8. The number of sulfonamides is 1. The fourth-order valence-corrected chi connectivity index (χ4v) is 8.94. The summed E-state index contributed by atoms with van der Waals surface area (Å²) in [5.74, 6) is -1.19. The van der Waals surface area contributed by atoms with Gasteiger partial charge in [-0.15, -0.1) is 0 Å². The van der Waals surface area contributed by atoms with Gasteiger partial charge in [-0.2, -0.15) is 0 Å². The van der Waals surface area contributed by atoms with Gasteiger partial charge in [-0.25, -0.2) is 13.1 Å². The summed E-state index contributed by atoms with van der Waals surface area (Å²) in [6, 6.07) is 10.8. The topological polar surface area (TPSA) is 131 Å². The van der Waals surface area contributed by atoms with Crippen molar-refractivity contribution in [2.24, 2.45) is 23.2 Å². The monoisotopic (exact) mass is 728 g/mol. The molecule has 3 aliphatic heterocycles. The van der Waals surface area contributed by atoms with Crippen molar-refractivity contribution >= 4 is 39.2 Å². The van der Waals surface area contributed by atoms with Crippen LogP contribution in [-0.4, -0.2) is 69.2 Å². The molecule has 272 valence electrons. The van der Waals surface area contributed by atoms with E-state index in [0.717, 1.165) is 43.2 Å². The lowest BCUT2D eigenvalue weighted by molar-refractivity contribution is -0.171. The highest BCUT2D eigenvalue weighted by Crippen LogP contribution is 2.46. The number of nitrogens with zero attached hydrogens (tertiary/aromatic N) is 1. The van der Waals surface area contributed by atoms with Gasteiger partial charge in [0.25, 0.3) is 5.91 Å². The van der Waals surface area contributed by atoms with Crippen molar-refractivity contribution < 1.29 is 37.3 Å². The Hall–Kier alpha value is -3.12. The van der Waals surface area contributed by atoms with E-state index in [1.165, 1.54) is 0 Å². The summed E-state index contributed by atoms with van der Waals surface area (Å²) in [6.45, 7) is 8.14. The van der Waals surface area contributed by atoms with Crippen molar-refractivity contribution in [2.75, 3.05) is 37.8 Å².